The van der Waals surface area contributed by atoms with Gasteiger partial charge in [-0.3, -0.25) is 9.69 Å². The molecule has 0 atom stereocenters. The summed E-state index contributed by atoms with van der Waals surface area (Å²) in [7, 11) is 4.09. The third-order valence-corrected chi connectivity index (χ3v) is 5.85. The smallest absolute Gasteiger partial charge is 0.260 e. The minimum absolute atomic E-state index is 0. The van der Waals surface area contributed by atoms with Gasteiger partial charge in [-0.15, -0.1) is 24.2 Å². The lowest BCUT2D eigenvalue weighted by Crippen LogP contribution is -2.33. The van der Waals surface area contributed by atoms with Gasteiger partial charge in [0, 0.05) is 17.0 Å². The number of nitrogens with zero attached hydrogens (tertiary/aromatic N) is 3. The minimum atomic E-state index is 0. The molecule has 3 rings (SSSR count). The molecule has 0 aliphatic carbocycles. The van der Waals surface area contributed by atoms with E-state index in [0.717, 1.165) is 33.2 Å². The second-order valence-corrected chi connectivity index (χ2v) is 8.20. The normalized spacial score (nSPS) is 10.8. The Morgan fingerprint density at radius 1 is 1.11 bits per heavy atom. The van der Waals surface area contributed by atoms with Crippen molar-refractivity contribution in [2.24, 2.45) is 0 Å². The Kier molecular flexibility index (Phi) is 8.10. The molecule has 0 aliphatic heterocycles. The standard InChI is InChI=1S/C20H23N3OS2.ClH/c1-22(2)12-7-13-23(19(24)15-8-6-9-16(14-15)25-3)20-21-17-10-4-5-11-18(17)26-20;/h4-6,8-11,14H,7,12-13H2,1-3H3;1H. The van der Waals surface area contributed by atoms with Crippen LogP contribution in [0.4, 0.5) is 5.13 Å². The fourth-order valence-electron chi connectivity index (χ4n) is 2.72. The van der Waals surface area contributed by atoms with E-state index in [-0.39, 0.29) is 18.3 Å². The highest BCUT2D eigenvalue weighted by atomic mass is 35.5. The summed E-state index contributed by atoms with van der Waals surface area (Å²) < 4.78 is 1.10. The summed E-state index contributed by atoms with van der Waals surface area (Å²) in [6, 6.07) is 15.8. The van der Waals surface area contributed by atoms with Crippen molar-refractivity contribution in [1.82, 2.24) is 9.88 Å². The molecule has 1 heterocycles. The first-order valence-corrected chi connectivity index (χ1v) is 10.6. The molecule has 0 saturated carbocycles. The van der Waals surface area contributed by atoms with Crippen LogP contribution in [-0.4, -0.2) is 49.2 Å². The number of anilines is 1. The molecule has 0 saturated heterocycles. The SMILES string of the molecule is CSc1cccc(C(=O)N(CCCN(C)C)c2nc3ccccc3s2)c1.Cl. The van der Waals surface area contributed by atoms with E-state index < -0.39 is 0 Å². The lowest BCUT2D eigenvalue weighted by molar-refractivity contribution is 0.0986. The number of rotatable bonds is 7. The zero-order chi connectivity index (χ0) is 18.5. The van der Waals surface area contributed by atoms with Crippen LogP contribution in [0.2, 0.25) is 0 Å². The zero-order valence-electron chi connectivity index (χ0n) is 15.7. The molecule has 2 aromatic carbocycles. The molecule has 1 aromatic heterocycles. The summed E-state index contributed by atoms with van der Waals surface area (Å²) in [6.45, 7) is 1.58. The number of carbonyl (C=O) groups is 1. The van der Waals surface area contributed by atoms with E-state index >= 15 is 0 Å². The number of fused-ring (bicyclic) bond motifs is 1. The highest BCUT2D eigenvalue weighted by Crippen LogP contribution is 2.30. The van der Waals surface area contributed by atoms with Crippen molar-refractivity contribution in [3.8, 4) is 0 Å². The average molecular weight is 422 g/mol. The van der Waals surface area contributed by atoms with E-state index in [1.165, 1.54) is 0 Å². The Morgan fingerprint density at radius 3 is 2.59 bits per heavy atom. The maximum atomic E-state index is 13.2. The van der Waals surface area contributed by atoms with Gasteiger partial charge < -0.3 is 4.90 Å². The van der Waals surface area contributed by atoms with Crippen LogP contribution in [0.1, 0.15) is 16.8 Å². The number of halogens is 1. The van der Waals surface area contributed by atoms with Crippen molar-refractivity contribution in [2.75, 3.05) is 38.3 Å². The molecule has 0 fully saturated rings. The number of thioether (sulfide) groups is 1. The highest BCUT2D eigenvalue weighted by molar-refractivity contribution is 7.98. The second-order valence-electron chi connectivity index (χ2n) is 6.31. The molecule has 0 aliphatic rings. The Labute approximate surface area is 175 Å². The number of benzene rings is 2. The van der Waals surface area contributed by atoms with Gasteiger partial charge in [-0.2, -0.15) is 0 Å². The summed E-state index contributed by atoms with van der Waals surface area (Å²) in [4.78, 5) is 23.0. The molecule has 4 nitrogen and oxygen atoms in total. The van der Waals surface area contributed by atoms with Gasteiger partial charge in [-0.05, 0) is 63.6 Å². The van der Waals surface area contributed by atoms with Gasteiger partial charge in [-0.1, -0.05) is 29.5 Å². The van der Waals surface area contributed by atoms with Gasteiger partial charge >= 0.3 is 0 Å². The average Bonchev–Trinajstić information content (AvgIpc) is 3.08. The highest BCUT2D eigenvalue weighted by Gasteiger charge is 2.21. The maximum Gasteiger partial charge on any atom is 0.260 e. The molecular weight excluding hydrogens is 398 g/mol. The number of amides is 1. The van der Waals surface area contributed by atoms with Crippen LogP contribution in [-0.2, 0) is 0 Å². The summed E-state index contributed by atoms with van der Waals surface area (Å²) >= 11 is 3.22. The first-order chi connectivity index (χ1) is 12.6. The first-order valence-electron chi connectivity index (χ1n) is 8.54. The van der Waals surface area contributed by atoms with Crippen LogP contribution in [0.25, 0.3) is 10.2 Å². The molecule has 0 spiro atoms. The lowest BCUT2D eigenvalue weighted by atomic mass is 10.2. The van der Waals surface area contributed by atoms with E-state index in [1.54, 1.807) is 23.1 Å². The lowest BCUT2D eigenvalue weighted by Gasteiger charge is -2.21. The topological polar surface area (TPSA) is 36.4 Å². The molecule has 1 amide bonds. The Hall–Kier alpha value is -1.60. The van der Waals surface area contributed by atoms with Crippen molar-refractivity contribution in [2.45, 2.75) is 11.3 Å². The number of hydrogen-bond acceptors (Lipinski definition) is 5. The quantitative estimate of drug-likeness (QED) is 0.501. The number of para-hydroxylation sites is 1. The predicted octanol–water partition coefficient (Wildman–Crippen LogP) is 5.04. The molecule has 0 bridgehead atoms. The van der Waals surface area contributed by atoms with Crippen molar-refractivity contribution >= 4 is 56.8 Å². The molecule has 27 heavy (non-hydrogen) atoms. The third kappa shape index (κ3) is 5.45. The van der Waals surface area contributed by atoms with E-state index in [0.29, 0.717) is 12.1 Å². The van der Waals surface area contributed by atoms with Gasteiger partial charge in [-0.25, -0.2) is 4.98 Å². The molecule has 0 radical (unpaired) electrons. The van der Waals surface area contributed by atoms with Crippen LogP contribution >= 0.6 is 35.5 Å². The monoisotopic (exact) mass is 421 g/mol. The second kappa shape index (κ2) is 10.1. The predicted molar refractivity (Wildman–Crippen MR) is 120 cm³/mol. The summed E-state index contributed by atoms with van der Waals surface area (Å²) in [5, 5.41) is 0.768. The summed E-state index contributed by atoms with van der Waals surface area (Å²) in [6.07, 6.45) is 2.92. The van der Waals surface area contributed by atoms with Gasteiger partial charge in [0.2, 0.25) is 0 Å². The number of thiazole rings is 1. The van der Waals surface area contributed by atoms with Crippen LogP contribution < -0.4 is 4.90 Å². The number of carbonyl (C=O) groups excluding carboxylic acids is 1. The van der Waals surface area contributed by atoms with E-state index in [1.807, 2.05) is 73.8 Å². The number of hydrogen-bond donors (Lipinski definition) is 0. The van der Waals surface area contributed by atoms with E-state index in [2.05, 4.69) is 4.90 Å². The Bertz CT molecular complexity index is 865. The number of aromatic nitrogens is 1. The maximum absolute atomic E-state index is 13.2. The molecular formula is C20H24ClN3OS2. The largest absolute Gasteiger partial charge is 0.309 e. The van der Waals surface area contributed by atoms with Crippen LogP contribution in [0.3, 0.4) is 0 Å². The molecule has 144 valence electrons. The zero-order valence-corrected chi connectivity index (χ0v) is 18.2. The van der Waals surface area contributed by atoms with E-state index in [4.69, 9.17) is 4.98 Å². The minimum Gasteiger partial charge on any atom is -0.309 e. The van der Waals surface area contributed by atoms with Crippen molar-refractivity contribution in [3.63, 3.8) is 0 Å². The fourth-order valence-corrected chi connectivity index (χ4v) is 4.17. The third-order valence-electron chi connectivity index (χ3n) is 4.06. The van der Waals surface area contributed by atoms with Crippen molar-refractivity contribution in [3.05, 3.63) is 54.1 Å². The molecule has 0 N–H and O–H groups in total. The van der Waals surface area contributed by atoms with Gasteiger partial charge in [0.1, 0.15) is 0 Å². The van der Waals surface area contributed by atoms with Gasteiger partial charge in [0.05, 0.1) is 10.2 Å². The Morgan fingerprint density at radius 2 is 1.89 bits per heavy atom. The fraction of sp³-hybridized carbons (Fsp3) is 0.300. The van der Waals surface area contributed by atoms with Crippen molar-refractivity contribution < 1.29 is 4.79 Å². The van der Waals surface area contributed by atoms with Gasteiger partial charge in [0.25, 0.3) is 5.91 Å². The molecule has 7 heteroatoms. The summed E-state index contributed by atoms with van der Waals surface area (Å²) in [5.41, 5.74) is 1.65. The van der Waals surface area contributed by atoms with Crippen molar-refractivity contribution in [1.29, 1.82) is 0 Å². The van der Waals surface area contributed by atoms with Crippen LogP contribution in [0.5, 0.6) is 0 Å². The van der Waals surface area contributed by atoms with E-state index in [9.17, 15) is 4.79 Å². The van der Waals surface area contributed by atoms with Crippen LogP contribution in [0.15, 0.2) is 53.4 Å². The Balaban J connectivity index is 0.00000261. The van der Waals surface area contributed by atoms with Gasteiger partial charge in [0.15, 0.2) is 5.13 Å². The molecule has 0 unspecified atom stereocenters. The summed E-state index contributed by atoms with van der Waals surface area (Å²) in [5.74, 6) is 0.0127. The van der Waals surface area contributed by atoms with Crippen LogP contribution in [0, 0.1) is 0 Å². The first kappa shape index (κ1) is 21.7. The molecule has 3 aromatic rings.